The Bertz CT molecular complexity index is 611. The lowest BCUT2D eigenvalue weighted by Gasteiger charge is -2.14. The summed E-state index contributed by atoms with van der Waals surface area (Å²) in [7, 11) is 1.78. The third kappa shape index (κ3) is 5.66. The summed E-state index contributed by atoms with van der Waals surface area (Å²) in [5.41, 5.74) is 2.44. The van der Waals surface area contributed by atoms with E-state index in [2.05, 4.69) is 46.0 Å². The zero-order valence-corrected chi connectivity index (χ0v) is 13.9. The van der Waals surface area contributed by atoms with Crippen LogP contribution in [0.2, 0.25) is 0 Å². The van der Waals surface area contributed by atoms with Crippen molar-refractivity contribution in [3.05, 3.63) is 65.7 Å². The number of ether oxygens (including phenoxy) is 1. The van der Waals surface area contributed by atoms with Crippen LogP contribution in [0.1, 0.15) is 18.1 Å². The van der Waals surface area contributed by atoms with Gasteiger partial charge in [-0.25, -0.2) is 0 Å². The highest BCUT2D eigenvalue weighted by atomic mass is 16.5. The maximum atomic E-state index is 5.64. The molecule has 0 saturated carbocycles. The maximum absolute atomic E-state index is 5.64. The summed E-state index contributed by atoms with van der Waals surface area (Å²) in [6.07, 6.45) is 0.969. The summed E-state index contributed by atoms with van der Waals surface area (Å²) in [4.78, 5) is 4.26. The summed E-state index contributed by atoms with van der Waals surface area (Å²) in [6.45, 7) is 4.19. The number of benzene rings is 2. The van der Waals surface area contributed by atoms with Gasteiger partial charge in [-0.2, -0.15) is 0 Å². The molecule has 0 aliphatic carbocycles. The van der Waals surface area contributed by atoms with Crippen molar-refractivity contribution in [3.63, 3.8) is 0 Å². The van der Waals surface area contributed by atoms with Crippen LogP contribution in [0.3, 0.4) is 0 Å². The zero-order chi connectivity index (χ0) is 16.3. The van der Waals surface area contributed by atoms with Crippen LogP contribution in [0.15, 0.2) is 59.6 Å². The van der Waals surface area contributed by atoms with E-state index in [1.807, 2.05) is 31.2 Å². The fourth-order valence-corrected chi connectivity index (χ4v) is 2.32. The molecule has 0 fully saturated rings. The number of para-hydroxylation sites is 1. The summed E-state index contributed by atoms with van der Waals surface area (Å²) in [5, 5.41) is 6.67. The monoisotopic (exact) mass is 311 g/mol. The predicted molar refractivity (Wildman–Crippen MR) is 96.0 cm³/mol. The van der Waals surface area contributed by atoms with Crippen molar-refractivity contribution in [3.8, 4) is 5.75 Å². The van der Waals surface area contributed by atoms with Crippen LogP contribution in [0.4, 0.5) is 0 Å². The molecule has 0 aliphatic rings. The summed E-state index contributed by atoms with van der Waals surface area (Å²) in [6, 6.07) is 18.5. The molecule has 2 N–H and O–H groups in total. The molecule has 0 amide bonds. The predicted octanol–water partition coefficient (Wildman–Crippen LogP) is 2.99. The highest BCUT2D eigenvalue weighted by molar-refractivity contribution is 5.79. The van der Waals surface area contributed by atoms with Gasteiger partial charge in [0.15, 0.2) is 5.96 Å². The van der Waals surface area contributed by atoms with Crippen LogP contribution >= 0.6 is 0 Å². The van der Waals surface area contributed by atoms with Gasteiger partial charge in [0, 0.05) is 25.7 Å². The Kier molecular flexibility index (Phi) is 6.98. The largest absolute Gasteiger partial charge is 0.494 e. The summed E-state index contributed by atoms with van der Waals surface area (Å²) >= 11 is 0. The standard InChI is InChI=1S/C19H25N3O/c1-3-23-18-12-8-7-11-17(18)15-22-19(20-2)21-14-13-16-9-5-4-6-10-16/h4-12H,3,13-15H2,1-2H3,(H2,20,21,22). The second-order valence-electron chi connectivity index (χ2n) is 5.13. The first-order valence-corrected chi connectivity index (χ1v) is 8.02. The lowest BCUT2D eigenvalue weighted by molar-refractivity contribution is 0.336. The van der Waals surface area contributed by atoms with Crippen molar-refractivity contribution in [2.45, 2.75) is 19.9 Å². The second-order valence-corrected chi connectivity index (χ2v) is 5.13. The average Bonchev–Trinajstić information content (AvgIpc) is 2.60. The van der Waals surface area contributed by atoms with E-state index in [1.165, 1.54) is 5.56 Å². The van der Waals surface area contributed by atoms with E-state index < -0.39 is 0 Å². The quantitative estimate of drug-likeness (QED) is 0.610. The second kappa shape index (κ2) is 9.51. The van der Waals surface area contributed by atoms with Crippen molar-refractivity contribution >= 4 is 5.96 Å². The first-order valence-electron chi connectivity index (χ1n) is 8.02. The van der Waals surface area contributed by atoms with E-state index in [-0.39, 0.29) is 0 Å². The number of hydrogen-bond donors (Lipinski definition) is 2. The van der Waals surface area contributed by atoms with E-state index in [4.69, 9.17) is 4.74 Å². The Morgan fingerprint density at radius 1 is 1.00 bits per heavy atom. The summed E-state index contributed by atoms with van der Waals surface area (Å²) < 4.78 is 5.64. The average molecular weight is 311 g/mol. The number of guanidine groups is 1. The van der Waals surface area contributed by atoms with Gasteiger partial charge in [0.25, 0.3) is 0 Å². The Morgan fingerprint density at radius 3 is 2.48 bits per heavy atom. The molecule has 4 heteroatoms. The molecule has 0 aliphatic heterocycles. The van der Waals surface area contributed by atoms with E-state index in [0.29, 0.717) is 13.2 Å². The third-order valence-corrected chi connectivity index (χ3v) is 3.49. The Balaban J connectivity index is 1.81. The first kappa shape index (κ1) is 16.9. The van der Waals surface area contributed by atoms with Gasteiger partial charge < -0.3 is 15.4 Å². The Hall–Kier alpha value is -2.49. The molecular weight excluding hydrogens is 286 g/mol. The fourth-order valence-electron chi connectivity index (χ4n) is 2.32. The van der Waals surface area contributed by atoms with Gasteiger partial charge in [0.1, 0.15) is 5.75 Å². The molecule has 2 aromatic carbocycles. The van der Waals surface area contributed by atoms with Crippen LogP contribution in [0.5, 0.6) is 5.75 Å². The van der Waals surface area contributed by atoms with Crippen LogP contribution in [-0.2, 0) is 13.0 Å². The van der Waals surface area contributed by atoms with Gasteiger partial charge in [0.05, 0.1) is 6.61 Å². The van der Waals surface area contributed by atoms with Crippen molar-refractivity contribution < 1.29 is 4.74 Å². The molecule has 2 aromatic rings. The molecular formula is C19H25N3O. The van der Waals surface area contributed by atoms with Crippen molar-refractivity contribution in [1.29, 1.82) is 0 Å². The van der Waals surface area contributed by atoms with E-state index in [9.17, 15) is 0 Å². The van der Waals surface area contributed by atoms with Crippen LogP contribution in [0, 0.1) is 0 Å². The molecule has 122 valence electrons. The number of nitrogens with zero attached hydrogens (tertiary/aromatic N) is 1. The Morgan fingerprint density at radius 2 is 1.74 bits per heavy atom. The van der Waals surface area contributed by atoms with E-state index in [1.54, 1.807) is 7.05 Å². The molecule has 0 aromatic heterocycles. The van der Waals surface area contributed by atoms with Gasteiger partial charge in [-0.15, -0.1) is 0 Å². The van der Waals surface area contributed by atoms with Gasteiger partial charge >= 0.3 is 0 Å². The molecule has 0 radical (unpaired) electrons. The summed E-state index contributed by atoms with van der Waals surface area (Å²) in [5.74, 6) is 1.72. The van der Waals surface area contributed by atoms with Gasteiger partial charge in [0.2, 0.25) is 0 Å². The normalized spacial score (nSPS) is 11.1. The van der Waals surface area contributed by atoms with Crippen LogP contribution in [0.25, 0.3) is 0 Å². The van der Waals surface area contributed by atoms with Crippen LogP contribution < -0.4 is 15.4 Å². The lowest BCUT2D eigenvalue weighted by Crippen LogP contribution is -2.37. The molecule has 2 rings (SSSR count). The minimum atomic E-state index is 0.668. The highest BCUT2D eigenvalue weighted by Gasteiger charge is 2.03. The molecule has 4 nitrogen and oxygen atoms in total. The molecule has 0 saturated heterocycles. The van der Waals surface area contributed by atoms with Gasteiger partial charge in [-0.1, -0.05) is 48.5 Å². The first-order chi connectivity index (χ1) is 11.3. The molecule has 0 spiro atoms. The highest BCUT2D eigenvalue weighted by Crippen LogP contribution is 2.17. The maximum Gasteiger partial charge on any atom is 0.191 e. The molecule has 0 heterocycles. The van der Waals surface area contributed by atoms with E-state index in [0.717, 1.165) is 30.2 Å². The lowest BCUT2D eigenvalue weighted by atomic mass is 10.1. The minimum Gasteiger partial charge on any atom is -0.494 e. The topological polar surface area (TPSA) is 45.6 Å². The van der Waals surface area contributed by atoms with Crippen LogP contribution in [-0.4, -0.2) is 26.2 Å². The third-order valence-electron chi connectivity index (χ3n) is 3.49. The number of nitrogens with one attached hydrogen (secondary N) is 2. The van der Waals surface area contributed by atoms with Crippen molar-refractivity contribution in [2.24, 2.45) is 4.99 Å². The van der Waals surface area contributed by atoms with Gasteiger partial charge in [-0.05, 0) is 25.0 Å². The van der Waals surface area contributed by atoms with Crippen molar-refractivity contribution in [2.75, 3.05) is 20.2 Å². The molecule has 0 bridgehead atoms. The number of aliphatic imine (C=N–C) groups is 1. The Labute approximate surface area is 138 Å². The molecule has 0 atom stereocenters. The van der Waals surface area contributed by atoms with Crippen molar-refractivity contribution in [1.82, 2.24) is 10.6 Å². The zero-order valence-electron chi connectivity index (χ0n) is 13.9. The van der Waals surface area contributed by atoms with E-state index >= 15 is 0 Å². The fraction of sp³-hybridized carbons (Fsp3) is 0.316. The van der Waals surface area contributed by atoms with Gasteiger partial charge in [-0.3, -0.25) is 4.99 Å². The molecule has 0 unspecified atom stereocenters. The minimum absolute atomic E-state index is 0.668. The number of rotatable bonds is 7. The smallest absolute Gasteiger partial charge is 0.191 e. The SMILES string of the molecule is CCOc1ccccc1CNC(=NC)NCCc1ccccc1. The molecule has 23 heavy (non-hydrogen) atoms. The number of hydrogen-bond acceptors (Lipinski definition) is 2.